The number of rotatable bonds is 4. The Morgan fingerprint density at radius 1 is 1.20 bits per heavy atom. The van der Waals surface area contributed by atoms with Crippen LogP contribution in [0, 0.1) is 12.7 Å². The maximum Gasteiger partial charge on any atom is 0.246 e. The van der Waals surface area contributed by atoms with E-state index >= 15 is 4.39 Å². The van der Waals surface area contributed by atoms with E-state index in [2.05, 4.69) is 21.7 Å². The van der Waals surface area contributed by atoms with Crippen molar-refractivity contribution in [3.63, 3.8) is 0 Å². The van der Waals surface area contributed by atoms with E-state index in [0.29, 0.717) is 54.5 Å². The number of hydrogen-bond donors (Lipinski definition) is 1. The lowest BCUT2D eigenvalue weighted by molar-refractivity contribution is -0.161. The van der Waals surface area contributed by atoms with E-state index in [-0.39, 0.29) is 34.1 Å². The van der Waals surface area contributed by atoms with Crippen LogP contribution in [0.5, 0.6) is 0 Å². The van der Waals surface area contributed by atoms with Crippen molar-refractivity contribution in [2.45, 2.75) is 44.9 Å². The molecule has 3 fully saturated rings. The van der Waals surface area contributed by atoms with Crippen molar-refractivity contribution in [3.8, 4) is 11.1 Å². The van der Waals surface area contributed by atoms with Crippen LogP contribution < -0.4 is 9.80 Å². The molecule has 3 saturated heterocycles. The average Bonchev–Trinajstić information content (AvgIpc) is 3.38. The number of aromatic amines is 1. The highest BCUT2D eigenvalue weighted by atomic mass is 35.5. The molecule has 2 aromatic heterocycles. The van der Waals surface area contributed by atoms with E-state index in [0.717, 1.165) is 29.5 Å². The topological polar surface area (TPSA) is 90.5 Å². The van der Waals surface area contributed by atoms with Gasteiger partial charge in [0.2, 0.25) is 11.9 Å². The van der Waals surface area contributed by atoms with Crippen molar-refractivity contribution in [1.29, 1.82) is 0 Å². The van der Waals surface area contributed by atoms with Crippen LogP contribution in [-0.2, 0) is 9.53 Å². The summed E-state index contributed by atoms with van der Waals surface area (Å²) in [5.74, 6) is 0.469. The molecule has 41 heavy (non-hydrogen) atoms. The molecule has 5 heterocycles. The quantitative estimate of drug-likeness (QED) is 0.347. The number of piperazine rings is 1. The summed E-state index contributed by atoms with van der Waals surface area (Å²) < 4.78 is 22.7. The van der Waals surface area contributed by atoms with Crippen molar-refractivity contribution < 1.29 is 13.9 Å². The number of hydrogen-bond acceptors (Lipinski definition) is 7. The van der Waals surface area contributed by atoms with Gasteiger partial charge in [0.15, 0.2) is 5.82 Å². The van der Waals surface area contributed by atoms with Gasteiger partial charge in [-0.2, -0.15) is 10.1 Å². The van der Waals surface area contributed by atoms with Gasteiger partial charge in [0.1, 0.15) is 16.9 Å². The zero-order valence-electron chi connectivity index (χ0n) is 23.2. The van der Waals surface area contributed by atoms with Crippen LogP contribution in [0.3, 0.4) is 0 Å². The number of carbonyl (C=O) groups excluding carboxylic acids is 1. The van der Waals surface area contributed by atoms with E-state index in [9.17, 15) is 4.79 Å². The van der Waals surface area contributed by atoms with E-state index < -0.39 is 5.82 Å². The third kappa shape index (κ3) is 3.99. The molecular formula is C30H31ClFN7O2. The number of ether oxygens (including phenoxy) is 1. The number of amides is 1. The Balaban J connectivity index is 1.40. The van der Waals surface area contributed by atoms with Gasteiger partial charge in [0.25, 0.3) is 0 Å². The van der Waals surface area contributed by atoms with Crippen LogP contribution in [0.25, 0.3) is 32.9 Å². The van der Waals surface area contributed by atoms with Gasteiger partial charge in [-0.15, -0.1) is 0 Å². The second-order valence-corrected chi connectivity index (χ2v) is 12.0. The first-order valence-electron chi connectivity index (χ1n) is 13.9. The molecular weight excluding hydrogens is 545 g/mol. The number of nitrogens with one attached hydrogen (secondary N) is 1. The minimum Gasteiger partial charge on any atom is -0.371 e. The molecule has 9 nitrogen and oxygen atoms in total. The molecule has 0 aliphatic carbocycles. The Kier molecular flexibility index (Phi) is 5.99. The number of benzene rings is 2. The van der Waals surface area contributed by atoms with Crippen LogP contribution >= 0.6 is 11.6 Å². The summed E-state index contributed by atoms with van der Waals surface area (Å²) in [4.78, 5) is 28.3. The third-order valence-corrected chi connectivity index (χ3v) is 9.15. The van der Waals surface area contributed by atoms with Gasteiger partial charge in [-0.3, -0.25) is 9.89 Å². The van der Waals surface area contributed by atoms with Gasteiger partial charge in [-0.05, 0) is 44.5 Å². The summed E-state index contributed by atoms with van der Waals surface area (Å²) in [6, 6.07) is 5.45. The Bertz CT molecular complexity index is 1730. The van der Waals surface area contributed by atoms with Crippen molar-refractivity contribution in [1.82, 2.24) is 25.1 Å². The van der Waals surface area contributed by atoms with Gasteiger partial charge in [-0.25, -0.2) is 9.37 Å². The summed E-state index contributed by atoms with van der Waals surface area (Å²) in [5.41, 5.74) is 2.73. The van der Waals surface area contributed by atoms with Crippen LogP contribution in [0.2, 0.25) is 5.02 Å². The molecule has 1 amide bonds. The largest absolute Gasteiger partial charge is 0.371 e. The summed E-state index contributed by atoms with van der Waals surface area (Å²) >= 11 is 6.91. The normalized spacial score (nSPS) is 21.8. The molecule has 4 aromatic rings. The van der Waals surface area contributed by atoms with E-state index in [1.54, 1.807) is 12.3 Å². The second kappa shape index (κ2) is 9.39. The lowest BCUT2D eigenvalue weighted by Crippen LogP contribution is -2.68. The van der Waals surface area contributed by atoms with Crippen molar-refractivity contribution in [2.75, 3.05) is 42.6 Å². The number of nitrogens with zero attached hydrogens (tertiary/aromatic N) is 6. The highest BCUT2D eigenvalue weighted by Crippen LogP contribution is 2.44. The predicted octanol–water partition coefficient (Wildman–Crippen LogP) is 4.86. The first-order valence-corrected chi connectivity index (χ1v) is 14.3. The lowest BCUT2D eigenvalue weighted by atomic mass is 9.86. The molecule has 1 N–H and O–H groups in total. The third-order valence-electron chi connectivity index (χ3n) is 8.86. The van der Waals surface area contributed by atoms with Gasteiger partial charge < -0.3 is 19.4 Å². The minimum absolute atomic E-state index is 0.0813. The van der Waals surface area contributed by atoms with E-state index in [1.807, 2.05) is 42.7 Å². The molecule has 0 radical (unpaired) electrons. The van der Waals surface area contributed by atoms with Gasteiger partial charge >= 0.3 is 0 Å². The standard InChI is InChI=1S/C30H31ClFN7O2/c1-5-23(40)38-12-18(4)39(13-17(38)3)28-19-10-21(31)25(24-16(2)6-7-22-20(24)11-33-36-22)26(32)27(19)34-29(35-28)37-14-30(15-37)8-9-41-30/h5-7,10-11,17-18H,1,8-9,12-15H2,2-4H3,(H,33,36)/t17-,18+/m1/s1. The fraction of sp³-hybridized carbons (Fsp3) is 0.400. The molecule has 1 spiro atoms. The maximum atomic E-state index is 16.8. The maximum absolute atomic E-state index is 16.8. The number of halogens is 2. The molecule has 2 aromatic carbocycles. The first-order chi connectivity index (χ1) is 19.7. The van der Waals surface area contributed by atoms with Crippen LogP contribution in [0.1, 0.15) is 25.8 Å². The highest BCUT2D eigenvalue weighted by molar-refractivity contribution is 6.35. The zero-order chi connectivity index (χ0) is 28.6. The van der Waals surface area contributed by atoms with Gasteiger partial charge in [0.05, 0.1) is 36.4 Å². The number of aryl methyl sites for hydroxylation is 1. The molecule has 0 saturated carbocycles. The van der Waals surface area contributed by atoms with Crippen molar-refractivity contribution in [2.24, 2.45) is 0 Å². The Morgan fingerprint density at radius 3 is 2.68 bits per heavy atom. The number of aromatic nitrogens is 4. The number of carbonyl (C=O) groups is 1. The van der Waals surface area contributed by atoms with Crippen LogP contribution in [0.4, 0.5) is 16.2 Å². The molecule has 212 valence electrons. The fourth-order valence-corrected chi connectivity index (χ4v) is 6.78. The summed E-state index contributed by atoms with van der Waals surface area (Å²) in [7, 11) is 0. The number of anilines is 2. The van der Waals surface area contributed by atoms with Crippen LogP contribution in [-0.4, -0.2) is 81.4 Å². The SMILES string of the molecule is C=CC(=O)N1C[C@H](C)N(c2nc(N3CC4(CCO4)C3)nc3c(F)c(-c4c(C)ccc5[nH]ncc45)c(Cl)cc23)C[C@H]1C. The molecule has 0 unspecified atom stereocenters. The smallest absolute Gasteiger partial charge is 0.246 e. The number of fused-ring (bicyclic) bond motifs is 2. The van der Waals surface area contributed by atoms with Crippen molar-refractivity contribution in [3.05, 3.63) is 53.5 Å². The van der Waals surface area contributed by atoms with Gasteiger partial charge in [0, 0.05) is 53.5 Å². The lowest BCUT2D eigenvalue weighted by Gasteiger charge is -2.55. The average molecular weight is 576 g/mol. The molecule has 3 aliphatic heterocycles. The second-order valence-electron chi connectivity index (χ2n) is 11.6. The summed E-state index contributed by atoms with van der Waals surface area (Å²) in [6.07, 6.45) is 4.04. The fourth-order valence-electron chi connectivity index (χ4n) is 6.49. The molecule has 3 aliphatic rings. The van der Waals surface area contributed by atoms with Crippen LogP contribution in [0.15, 0.2) is 37.1 Å². The summed E-state index contributed by atoms with van der Waals surface area (Å²) in [6.45, 7) is 12.7. The van der Waals surface area contributed by atoms with E-state index in [4.69, 9.17) is 26.3 Å². The number of H-pyrrole nitrogens is 1. The minimum atomic E-state index is -0.495. The monoisotopic (exact) mass is 575 g/mol. The van der Waals surface area contributed by atoms with Gasteiger partial charge in [-0.1, -0.05) is 24.2 Å². The zero-order valence-corrected chi connectivity index (χ0v) is 24.0. The highest BCUT2D eigenvalue weighted by Gasteiger charge is 2.50. The Morgan fingerprint density at radius 2 is 1.98 bits per heavy atom. The Hall–Kier alpha value is -3.76. The van der Waals surface area contributed by atoms with Crippen molar-refractivity contribution >= 4 is 51.1 Å². The Labute approximate surface area is 241 Å². The summed E-state index contributed by atoms with van der Waals surface area (Å²) in [5, 5.41) is 8.74. The predicted molar refractivity (Wildman–Crippen MR) is 158 cm³/mol. The molecule has 2 atom stereocenters. The first kappa shape index (κ1) is 26.2. The molecule has 7 rings (SSSR count). The molecule has 0 bridgehead atoms. The molecule has 11 heteroatoms. The van der Waals surface area contributed by atoms with E-state index in [1.165, 1.54) is 6.08 Å².